The van der Waals surface area contributed by atoms with Gasteiger partial charge in [-0.2, -0.15) is 0 Å². The van der Waals surface area contributed by atoms with Crippen molar-refractivity contribution in [1.29, 1.82) is 0 Å². The van der Waals surface area contributed by atoms with Crippen LogP contribution in [0.5, 0.6) is 0 Å². The van der Waals surface area contributed by atoms with Gasteiger partial charge in [-0.25, -0.2) is 4.79 Å². The van der Waals surface area contributed by atoms with Gasteiger partial charge in [0.1, 0.15) is 0 Å². The minimum atomic E-state index is -0.355. The van der Waals surface area contributed by atoms with E-state index in [1.807, 2.05) is 6.92 Å². The van der Waals surface area contributed by atoms with Crippen LogP contribution in [0.2, 0.25) is 0 Å². The number of carbonyl (C=O) groups excluding carboxylic acids is 4. The van der Waals surface area contributed by atoms with Crippen molar-refractivity contribution in [2.24, 2.45) is 41.4 Å². The van der Waals surface area contributed by atoms with Crippen molar-refractivity contribution < 1.29 is 23.9 Å². The van der Waals surface area contributed by atoms with Gasteiger partial charge in [-0.05, 0) is 86.5 Å². The quantitative estimate of drug-likeness (QED) is 0.268. The van der Waals surface area contributed by atoms with Gasteiger partial charge in [0.25, 0.3) is 0 Å². The third-order valence-corrected chi connectivity index (χ3v) is 9.25. The molecule has 0 aromatic heterocycles. The Bertz CT molecular complexity index is 1070. The van der Waals surface area contributed by atoms with Gasteiger partial charge in [-0.15, -0.1) is 0 Å². The van der Waals surface area contributed by atoms with E-state index in [-0.39, 0.29) is 59.3 Å². The lowest BCUT2D eigenvalue weighted by Gasteiger charge is -2.37. The molecule has 1 aromatic rings. The van der Waals surface area contributed by atoms with Crippen LogP contribution in [0.25, 0.3) is 0 Å². The first-order chi connectivity index (χ1) is 17.5. The summed E-state index contributed by atoms with van der Waals surface area (Å²) in [6.07, 6.45) is 10.0. The van der Waals surface area contributed by atoms with Crippen molar-refractivity contribution in [3.8, 4) is 0 Å². The molecule has 6 aliphatic rings. The van der Waals surface area contributed by atoms with Crippen LogP contribution in [0.1, 0.15) is 62.2 Å². The molecule has 0 radical (unpaired) electrons. The molecule has 1 N–H and O–H groups in total. The second-order valence-electron chi connectivity index (χ2n) is 11.3. The van der Waals surface area contributed by atoms with E-state index in [2.05, 4.69) is 17.5 Å². The first-order valence-corrected chi connectivity index (χ1v) is 13.6. The topological polar surface area (TPSA) is 92.8 Å². The van der Waals surface area contributed by atoms with Crippen molar-refractivity contribution in [2.45, 2.75) is 57.9 Å². The molecule has 2 bridgehead atoms. The van der Waals surface area contributed by atoms with E-state index in [0.717, 1.165) is 12.8 Å². The SMILES string of the molecule is CCCCOC(=O)c1ccc(NC(=O)C2CCC(N3C(=O)[C@@H]4[C@H]5C=C[C@@H]([C@@H]6C[C@@H]56)[C@@H]4C3=O)CC2)cc1. The number of esters is 1. The number of amides is 3. The highest BCUT2D eigenvalue weighted by atomic mass is 16.5. The van der Waals surface area contributed by atoms with Gasteiger partial charge < -0.3 is 10.1 Å². The predicted molar refractivity (Wildman–Crippen MR) is 133 cm³/mol. The average Bonchev–Trinajstić information content (AvgIpc) is 3.67. The molecule has 4 fully saturated rings. The van der Waals surface area contributed by atoms with Crippen LogP contribution >= 0.6 is 0 Å². The number of unbranched alkanes of at least 4 members (excludes halogenated alkanes) is 1. The number of benzene rings is 1. The van der Waals surface area contributed by atoms with Crippen molar-refractivity contribution in [1.82, 2.24) is 4.90 Å². The Kier molecular flexibility index (Phi) is 5.97. The van der Waals surface area contributed by atoms with Gasteiger partial charge in [0, 0.05) is 17.6 Å². The second kappa shape index (κ2) is 9.16. The molecule has 3 amide bonds. The fourth-order valence-corrected chi connectivity index (χ4v) is 7.26. The number of likely N-dealkylation sites (tertiary alicyclic amines) is 1. The molecule has 1 heterocycles. The van der Waals surface area contributed by atoms with Gasteiger partial charge in [-0.1, -0.05) is 25.5 Å². The molecule has 3 saturated carbocycles. The Morgan fingerprint density at radius 1 is 0.944 bits per heavy atom. The number of nitrogens with zero attached hydrogens (tertiary/aromatic N) is 1. The van der Waals surface area contributed by atoms with Crippen LogP contribution in [0, 0.1) is 41.4 Å². The number of anilines is 1. The lowest BCUT2D eigenvalue weighted by atomic mass is 9.63. The van der Waals surface area contributed by atoms with E-state index in [1.54, 1.807) is 29.2 Å². The zero-order valence-corrected chi connectivity index (χ0v) is 20.7. The first-order valence-electron chi connectivity index (χ1n) is 13.6. The molecule has 0 unspecified atom stereocenters. The summed E-state index contributed by atoms with van der Waals surface area (Å²) in [7, 11) is 0. The number of hydrogen-bond acceptors (Lipinski definition) is 5. The number of carbonyl (C=O) groups is 4. The molecule has 6 atom stereocenters. The maximum Gasteiger partial charge on any atom is 0.338 e. The maximum absolute atomic E-state index is 13.4. The Hall–Kier alpha value is -2.96. The van der Waals surface area contributed by atoms with Crippen molar-refractivity contribution >= 4 is 29.4 Å². The Morgan fingerprint density at radius 2 is 1.56 bits per heavy atom. The van der Waals surface area contributed by atoms with Gasteiger partial charge in [0.05, 0.1) is 24.0 Å². The van der Waals surface area contributed by atoms with E-state index >= 15 is 0 Å². The van der Waals surface area contributed by atoms with Crippen molar-refractivity contribution in [3.63, 3.8) is 0 Å². The lowest BCUT2D eigenvalue weighted by molar-refractivity contribution is -0.144. The third kappa shape index (κ3) is 3.87. The number of hydrogen-bond donors (Lipinski definition) is 1. The summed E-state index contributed by atoms with van der Waals surface area (Å²) in [5.41, 5.74) is 1.11. The third-order valence-electron chi connectivity index (χ3n) is 9.25. The molecule has 7 rings (SSSR count). The number of nitrogens with one attached hydrogen (secondary N) is 1. The Balaban J connectivity index is 1.02. The zero-order valence-electron chi connectivity index (χ0n) is 20.7. The predicted octanol–water partition coefficient (Wildman–Crippen LogP) is 4.19. The number of ether oxygens (including phenoxy) is 1. The molecule has 7 heteroatoms. The highest BCUT2D eigenvalue weighted by molar-refractivity contribution is 6.06. The smallest absolute Gasteiger partial charge is 0.338 e. The minimum absolute atomic E-state index is 0.0379. The summed E-state index contributed by atoms with van der Waals surface area (Å²) < 4.78 is 5.22. The standard InChI is InChI=1S/C29H34N2O5/c1-2-3-14-36-29(35)17-4-8-18(9-5-17)30-26(32)16-6-10-19(11-7-16)31-27(33)24-20-12-13-21(23-15-22(20)23)25(24)28(31)34/h4-5,8-9,12-13,16,19-25H,2-3,6-7,10-11,14-15H2,1H3,(H,30,32)/t16?,19?,20-,21-,22-,23-,24-,25+/m0/s1. The van der Waals surface area contributed by atoms with Crippen molar-refractivity contribution in [3.05, 3.63) is 42.0 Å². The molecule has 190 valence electrons. The van der Waals surface area contributed by atoms with Gasteiger partial charge in [0.2, 0.25) is 17.7 Å². The molecule has 1 aliphatic heterocycles. The molecule has 7 nitrogen and oxygen atoms in total. The number of allylic oxidation sites excluding steroid dienone is 2. The zero-order chi connectivity index (χ0) is 25.0. The molecule has 1 saturated heterocycles. The Morgan fingerprint density at radius 3 is 2.14 bits per heavy atom. The molecule has 1 aromatic carbocycles. The summed E-state index contributed by atoms with van der Waals surface area (Å²) in [5.74, 6) is 0.932. The molecule has 5 aliphatic carbocycles. The normalized spacial score (nSPS) is 35.9. The molecular formula is C29H34N2O5. The largest absolute Gasteiger partial charge is 0.462 e. The van der Waals surface area contributed by atoms with E-state index in [1.165, 1.54) is 6.42 Å². The first kappa shape index (κ1) is 23.4. The maximum atomic E-state index is 13.4. The lowest BCUT2D eigenvalue weighted by Crippen LogP contribution is -2.44. The molecular weight excluding hydrogens is 456 g/mol. The summed E-state index contributed by atoms with van der Waals surface area (Å²) >= 11 is 0. The van der Waals surface area contributed by atoms with E-state index in [0.29, 0.717) is 55.4 Å². The van der Waals surface area contributed by atoms with E-state index < -0.39 is 0 Å². The highest BCUT2D eigenvalue weighted by Crippen LogP contribution is 2.65. The second-order valence-corrected chi connectivity index (χ2v) is 11.3. The van der Waals surface area contributed by atoms with Gasteiger partial charge >= 0.3 is 5.97 Å². The minimum Gasteiger partial charge on any atom is -0.462 e. The van der Waals surface area contributed by atoms with Gasteiger partial charge in [-0.3, -0.25) is 19.3 Å². The number of rotatable bonds is 7. The Labute approximate surface area is 211 Å². The van der Waals surface area contributed by atoms with Crippen LogP contribution in [-0.4, -0.2) is 41.2 Å². The highest BCUT2D eigenvalue weighted by Gasteiger charge is 2.67. The number of imide groups is 1. The van der Waals surface area contributed by atoms with Crippen LogP contribution < -0.4 is 5.32 Å². The fraction of sp³-hybridized carbons (Fsp3) is 0.586. The fourth-order valence-electron chi connectivity index (χ4n) is 7.26. The summed E-state index contributed by atoms with van der Waals surface area (Å²) in [5, 5.41) is 2.96. The van der Waals surface area contributed by atoms with E-state index in [9.17, 15) is 19.2 Å². The van der Waals surface area contributed by atoms with Crippen LogP contribution in [-0.2, 0) is 19.1 Å². The molecule has 36 heavy (non-hydrogen) atoms. The average molecular weight is 491 g/mol. The van der Waals surface area contributed by atoms with Gasteiger partial charge in [0.15, 0.2) is 0 Å². The summed E-state index contributed by atoms with van der Waals surface area (Å²) in [6, 6.07) is 6.67. The monoisotopic (exact) mass is 490 g/mol. The molecule has 0 spiro atoms. The van der Waals surface area contributed by atoms with Crippen molar-refractivity contribution in [2.75, 3.05) is 11.9 Å². The van der Waals surface area contributed by atoms with Crippen LogP contribution in [0.3, 0.4) is 0 Å². The van der Waals surface area contributed by atoms with Crippen LogP contribution in [0.15, 0.2) is 36.4 Å². The van der Waals surface area contributed by atoms with E-state index in [4.69, 9.17) is 4.74 Å². The summed E-state index contributed by atoms with van der Waals surface area (Å²) in [4.78, 5) is 53.3. The summed E-state index contributed by atoms with van der Waals surface area (Å²) in [6.45, 7) is 2.45. The van der Waals surface area contributed by atoms with Crippen LogP contribution in [0.4, 0.5) is 5.69 Å².